The summed E-state index contributed by atoms with van der Waals surface area (Å²) in [5.74, 6) is 0. The Morgan fingerprint density at radius 2 is 1.61 bits per heavy atom. The Hall–Kier alpha value is -2.29. The average molecular weight is 431 g/mol. The fourth-order valence-electron chi connectivity index (χ4n) is 2.75. The van der Waals surface area contributed by atoms with Crippen LogP contribution in [0.3, 0.4) is 0 Å². The van der Waals surface area contributed by atoms with Crippen LogP contribution < -0.4 is 5.32 Å². The van der Waals surface area contributed by atoms with Crippen molar-refractivity contribution in [2.75, 3.05) is 7.05 Å². The lowest BCUT2D eigenvalue weighted by Crippen LogP contribution is -2.14. The minimum atomic E-state index is -4.52. The summed E-state index contributed by atoms with van der Waals surface area (Å²) >= 11 is 0. The maximum atomic E-state index is 13.1. The zero-order chi connectivity index (χ0) is 19.7. The van der Waals surface area contributed by atoms with Crippen molar-refractivity contribution in [1.29, 1.82) is 0 Å². The zero-order valence-electron chi connectivity index (χ0n) is 14.8. The summed E-state index contributed by atoms with van der Waals surface area (Å²) in [6.45, 7) is 0.454. The molecule has 1 heterocycles. The van der Waals surface area contributed by atoms with Gasteiger partial charge in [0.2, 0.25) is 0 Å². The molecule has 2 aromatic carbocycles. The first-order chi connectivity index (χ1) is 12.7. The van der Waals surface area contributed by atoms with E-state index in [1.807, 2.05) is 6.07 Å². The fourth-order valence-corrected chi connectivity index (χ4v) is 4.14. The van der Waals surface area contributed by atoms with Crippen LogP contribution in [-0.4, -0.2) is 19.4 Å². The number of hydrogen-bond acceptors (Lipinski definition) is 3. The van der Waals surface area contributed by atoms with Crippen LogP contribution in [0.4, 0.5) is 13.2 Å². The highest BCUT2D eigenvalue weighted by Gasteiger charge is 2.31. The van der Waals surface area contributed by atoms with E-state index in [1.54, 1.807) is 37.4 Å². The van der Waals surface area contributed by atoms with E-state index < -0.39 is 21.8 Å². The number of halogens is 4. The molecule has 9 heteroatoms. The molecule has 0 aliphatic carbocycles. The Labute approximate surface area is 167 Å². The third-order valence-corrected chi connectivity index (χ3v) is 5.72. The average Bonchev–Trinajstić information content (AvgIpc) is 3.07. The van der Waals surface area contributed by atoms with Crippen LogP contribution >= 0.6 is 12.4 Å². The second-order valence-corrected chi connectivity index (χ2v) is 7.77. The highest BCUT2D eigenvalue weighted by molar-refractivity contribution is 7.90. The molecule has 0 fully saturated rings. The molecule has 1 aromatic heterocycles. The fraction of sp³-hybridized carbons (Fsp3) is 0.158. The summed E-state index contributed by atoms with van der Waals surface area (Å²) in [4.78, 5) is -0.209. The van der Waals surface area contributed by atoms with Crippen LogP contribution in [0.25, 0.3) is 11.3 Å². The molecule has 1 N–H and O–H groups in total. The van der Waals surface area contributed by atoms with Crippen molar-refractivity contribution < 1.29 is 21.6 Å². The molecular weight excluding hydrogens is 413 g/mol. The first kappa shape index (κ1) is 22.0. The molecule has 28 heavy (non-hydrogen) atoms. The quantitative estimate of drug-likeness (QED) is 0.646. The molecule has 0 aliphatic rings. The van der Waals surface area contributed by atoms with Gasteiger partial charge < -0.3 is 5.32 Å². The molecule has 0 unspecified atom stereocenters. The number of hydrogen-bond donors (Lipinski definition) is 1. The molecule has 0 amide bonds. The van der Waals surface area contributed by atoms with E-state index in [-0.39, 0.29) is 17.3 Å². The number of aromatic nitrogens is 1. The number of nitrogens with one attached hydrogen (secondary N) is 1. The lowest BCUT2D eigenvalue weighted by Gasteiger charge is -2.12. The van der Waals surface area contributed by atoms with Crippen molar-refractivity contribution in [3.8, 4) is 11.3 Å². The third kappa shape index (κ3) is 4.40. The molecule has 0 saturated heterocycles. The Bertz CT molecular complexity index is 1030. The van der Waals surface area contributed by atoms with Gasteiger partial charge in [0, 0.05) is 12.7 Å². The summed E-state index contributed by atoms with van der Waals surface area (Å²) in [7, 11) is -2.32. The maximum Gasteiger partial charge on any atom is 0.416 e. The van der Waals surface area contributed by atoms with Crippen molar-refractivity contribution in [1.82, 2.24) is 9.29 Å². The second-order valence-electron chi connectivity index (χ2n) is 5.95. The minimum Gasteiger partial charge on any atom is -0.316 e. The summed E-state index contributed by atoms with van der Waals surface area (Å²) in [5, 5.41) is 2.96. The van der Waals surface area contributed by atoms with Crippen molar-refractivity contribution in [2.24, 2.45) is 0 Å². The predicted molar refractivity (Wildman–Crippen MR) is 104 cm³/mol. The number of rotatable bonds is 5. The summed E-state index contributed by atoms with van der Waals surface area (Å²) in [6, 6.07) is 14.2. The van der Waals surface area contributed by atoms with Crippen molar-refractivity contribution >= 4 is 22.4 Å². The molecule has 3 aromatic rings. The molecule has 4 nitrogen and oxygen atoms in total. The lowest BCUT2D eigenvalue weighted by molar-refractivity contribution is -0.137. The molecular formula is C19H18ClF3N2O2S. The Kier molecular flexibility index (Phi) is 6.59. The van der Waals surface area contributed by atoms with Crippen molar-refractivity contribution in [3.63, 3.8) is 0 Å². The summed E-state index contributed by atoms with van der Waals surface area (Å²) in [6.07, 6.45) is -3.04. The van der Waals surface area contributed by atoms with E-state index >= 15 is 0 Å². The number of nitrogens with zero attached hydrogens (tertiary/aromatic N) is 1. The topological polar surface area (TPSA) is 51.1 Å². The standard InChI is InChI=1S/C19H17F3N2O2S.ClH/c1-23-12-14-11-18(15-5-3-2-4-6-15)24(13-14)27(25,26)17-9-7-16(8-10-17)19(20,21)22;/h2-11,13,23H,12H2,1H3;1H. The predicted octanol–water partition coefficient (Wildman–Crippen LogP) is 4.55. The summed E-state index contributed by atoms with van der Waals surface area (Å²) < 4.78 is 65.5. The van der Waals surface area contributed by atoms with Gasteiger partial charge in [0.1, 0.15) is 0 Å². The first-order valence-corrected chi connectivity index (χ1v) is 9.51. The van der Waals surface area contributed by atoms with Gasteiger partial charge in [0.15, 0.2) is 0 Å². The maximum absolute atomic E-state index is 13.1. The molecule has 0 aliphatic heterocycles. The molecule has 150 valence electrons. The van der Waals surface area contributed by atoms with E-state index in [2.05, 4.69) is 5.32 Å². The number of benzene rings is 2. The monoisotopic (exact) mass is 430 g/mol. The molecule has 0 atom stereocenters. The minimum absolute atomic E-state index is 0. The molecule has 0 bridgehead atoms. The van der Waals surface area contributed by atoms with Crippen LogP contribution in [0.5, 0.6) is 0 Å². The van der Waals surface area contributed by atoms with Crippen molar-refractivity contribution in [2.45, 2.75) is 17.6 Å². The molecule has 0 radical (unpaired) electrons. The van der Waals surface area contributed by atoms with Gasteiger partial charge in [0.05, 0.1) is 16.2 Å². The van der Waals surface area contributed by atoms with Crippen LogP contribution in [0.15, 0.2) is 71.8 Å². The van der Waals surface area contributed by atoms with Gasteiger partial charge in [-0.05, 0) is 48.5 Å². The van der Waals surface area contributed by atoms with E-state index in [4.69, 9.17) is 0 Å². The largest absolute Gasteiger partial charge is 0.416 e. The highest BCUT2D eigenvalue weighted by atomic mass is 35.5. The number of alkyl halides is 3. The van der Waals surface area contributed by atoms with Crippen LogP contribution in [-0.2, 0) is 22.7 Å². The van der Waals surface area contributed by atoms with Gasteiger partial charge in [-0.25, -0.2) is 12.4 Å². The smallest absolute Gasteiger partial charge is 0.316 e. The normalized spacial score (nSPS) is 11.9. The van der Waals surface area contributed by atoms with Gasteiger partial charge in [-0.1, -0.05) is 30.3 Å². The van der Waals surface area contributed by atoms with Crippen molar-refractivity contribution in [3.05, 3.63) is 78.0 Å². The molecule has 0 spiro atoms. The molecule has 3 rings (SSSR count). The van der Waals surface area contributed by atoms with E-state index in [9.17, 15) is 21.6 Å². The Morgan fingerprint density at radius 3 is 2.14 bits per heavy atom. The SMILES string of the molecule is CNCc1cc(-c2ccccc2)n(S(=O)(=O)c2ccc(C(F)(F)F)cc2)c1.Cl. The first-order valence-electron chi connectivity index (χ1n) is 8.07. The third-order valence-electron chi connectivity index (χ3n) is 4.03. The van der Waals surface area contributed by atoms with Gasteiger partial charge >= 0.3 is 6.18 Å². The van der Waals surface area contributed by atoms with Gasteiger partial charge in [-0.3, -0.25) is 0 Å². The molecule has 0 saturated carbocycles. The van der Waals surface area contributed by atoms with Gasteiger partial charge in [-0.15, -0.1) is 12.4 Å². The lowest BCUT2D eigenvalue weighted by atomic mass is 10.1. The van der Waals surface area contributed by atoms with E-state index in [0.717, 1.165) is 33.8 Å². The Balaban J connectivity index is 0.00000280. The summed E-state index contributed by atoms with van der Waals surface area (Å²) in [5.41, 5.74) is 0.982. The van der Waals surface area contributed by atoms with E-state index in [0.29, 0.717) is 17.8 Å². The van der Waals surface area contributed by atoms with Crippen LogP contribution in [0.2, 0.25) is 0 Å². The highest BCUT2D eigenvalue weighted by Crippen LogP contribution is 2.31. The van der Waals surface area contributed by atoms with Crippen LogP contribution in [0, 0.1) is 0 Å². The van der Waals surface area contributed by atoms with Gasteiger partial charge in [0.25, 0.3) is 10.0 Å². The van der Waals surface area contributed by atoms with Gasteiger partial charge in [-0.2, -0.15) is 13.2 Å². The zero-order valence-corrected chi connectivity index (χ0v) is 16.4. The van der Waals surface area contributed by atoms with E-state index in [1.165, 1.54) is 6.20 Å². The van der Waals surface area contributed by atoms with Crippen LogP contribution in [0.1, 0.15) is 11.1 Å². The Morgan fingerprint density at radius 1 is 1.00 bits per heavy atom. The second kappa shape index (κ2) is 8.38.